The molecule has 1 aliphatic heterocycles. The molecule has 1 aliphatic carbocycles. The van der Waals surface area contributed by atoms with Gasteiger partial charge >= 0.3 is 0 Å². The quantitative estimate of drug-likeness (QED) is 0.772. The van der Waals surface area contributed by atoms with E-state index in [1.807, 2.05) is 16.7 Å². The van der Waals surface area contributed by atoms with Crippen molar-refractivity contribution >= 4 is 11.8 Å². The van der Waals surface area contributed by atoms with E-state index in [0.717, 1.165) is 24.8 Å². The van der Waals surface area contributed by atoms with Gasteiger partial charge in [0.1, 0.15) is 5.82 Å². The Morgan fingerprint density at radius 3 is 2.71 bits per heavy atom. The van der Waals surface area contributed by atoms with Gasteiger partial charge in [0.25, 0.3) is 0 Å². The highest BCUT2D eigenvalue weighted by molar-refractivity contribution is 5.81. The van der Waals surface area contributed by atoms with Gasteiger partial charge in [-0.2, -0.15) is 0 Å². The second-order valence-corrected chi connectivity index (χ2v) is 7.55. The highest BCUT2D eigenvalue weighted by Gasteiger charge is 2.36. The summed E-state index contributed by atoms with van der Waals surface area (Å²) in [5.74, 6) is -0.362. The Bertz CT molecular complexity index is 665. The molecule has 1 N–H and O–H groups in total. The molecule has 3 rings (SSSR count). The van der Waals surface area contributed by atoms with Crippen molar-refractivity contribution in [2.75, 3.05) is 32.8 Å². The lowest BCUT2D eigenvalue weighted by Gasteiger charge is -2.44. The number of rotatable bonds is 7. The number of benzene rings is 1. The van der Waals surface area contributed by atoms with E-state index in [9.17, 15) is 14.0 Å². The maximum Gasteiger partial charge on any atom is 0.237 e. The van der Waals surface area contributed by atoms with Crippen molar-refractivity contribution in [3.8, 4) is 0 Å². The van der Waals surface area contributed by atoms with Crippen LogP contribution in [0.1, 0.15) is 38.2 Å². The lowest BCUT2D eigenvalue weighted by atomic mass is 9.90. The average Bonchev–Trinajstić information content (AvgIpc) is 2.72. The molecule has 6 nitrogen and oxygen atoms in total. The summed E-state index contributed by atoms with van der Waals surface area (Å²) in [5.41, 5.74) is 0.838. The summed E-state index contributed by atoms with van der Waals surface area (Å²) in [6.07, 6.45) is 4.50. The van der Waals surface area contributed by atoms with Crippen molar-refractivity contribution in [3.05, 3.63) is 35.6 Å². The summed E-state index contributed by atoms with van der Waals surface area (Å²) in [5, 5.41) is 2.83. The van der Waals surface area contributed by atoms with Crippen molar-refractivity contribution in [3.63, 3.8) is 0 Å². The second kappa shape index (κ2) is 9.98. The molecule has 1 saturated heterocycles. The third-order valence-electron chi connectivity index (χ3n) is 5.63. The minimum atomic E-state index is -0.297. The number of carbonyl (C=O) groups is 2. The number of hydrogen-bond donors (Lipinski definition) is 1. The van der Waals surface area contributed by atoms with Crippen LogP contribution in [0.15, 0.2) is 24.3 Å². The number of nitrogens with zero attached hydrogens (tertiary/aromatic N) is 2. The maximum absolute atomic E-state index is 12.9. The van der Waals surface area contributed by atoms with Gasteiger partial charge in [0.05, 0.1) is 31.8 Å². The molecule has 2 atom stereocenters. The predicted molar refractivity (Wildman–Crippen MR) is 104 cm³/mol. The van der Waals surface area contributed by atoms with Crippen molar-refractivity contribution < 1.29 is 18.7 Å². The highest BCUT2D eigenvalue weighted by Crippen LogP contribution is 2.28. The first-order chi connectivity index (χ1) is 13.6. The van der Waals surface area contributed by atoms with Gasteiger partial charge in [0, 0.05) is 13.1 Å². The topological polar surface area (TPSA) is 61.9 Å². The molecule has 1 heterocycles. The number of halogens is 1. The monoisotopic (exact) mass is 391 g/mol. The molecule has 7 heteroatoms. The van der Waals surface area contributed by atoms with E-state index >= 15 is 0 Å². The predicted octanol–water partition coefficient (Wildman–Crippen LogP) is 1.93. The van der Waals surface area contributed by atoms with E-state index < -0.39 is 0 Å². The number of morpholine rings is 1. The number of amides is 2. The van der Waals surface area contributed by atoms with E-state index in [-0.39, 0.29) is 42.9 Å². The van der Waals surface area contributed by atoms with Crippen LogP contribution in [0.2, 0.25) is 0 Å². The molecule has 0 radical (unpaired) electrons. The number of ether oxygens (including phenoxy) is 1. The largest absolute Gasteiger partial charge is 0.374 e. The first kappa shape index (κ1) is 20.7. The fourth-order valence-electron chi connectivity index (χ4n) is 4.03. The fraction of sp³-hybridized carbons (Fsp3) is 0.619. The Hall–Kier alpha value is -1.99. The zero-order valence-electron chi connectivity index (χ0n) is 16.5. The van der Waals surface area contributed by atoms with Crippen LogP contribution in [0, 0.1) is 5.82 Å². The number of fused-ring (bicyclic) bond motifs is 1. The molecule has 0 bridgehead atoms. The first-order valence-corrected chi connectivity index (χ1v) is 10.2. The Kier molecular flexibility index (Phi) is 7.39. The average molecular weight is 391 g/mol. The third-order valence-corrected chi connectivity index (χ3v) is 5.63. The SMILES string of the molecule is CCN(CC(=O)NCc1ccc(F)cc1)CC(=O)N1CCOC2CCCCC21. The Morgan fingerprint density at radius 1 is 1.21 bits per heavy atom. The summed E-state index contributed by atoms with van der Waals surface area (Å²) >= 11 is 0. The van der Waals surface area contributed by atoms with E-state index in [2.05, 4.69) is 5.32 Å². The van der Waals surface area contributed by atoms with E-state index in [1.165, 1.54) is 18.6 Å². The van der Waals surface area contributed by atoms with Gasteiger partial charge < -0.3 is 15.0 Å². The molecular weight excluding hydrogens is 361 g/mol. The number of hydrogen-bond acceptors (Lipinski definition) is 4. The number of likely N-dealkylation sites (N-methyl/N-ethyl adjacent to an activating group) is 1. The summed E-state index contributed by atoms with van der Waals surface area (Å²) < 4.78 is 18.8. The number of carbonyl (C=O) groups excluding carboxylic acids is 2. The molecule has 2 aliphatic rings. The van der Waals surface area contributed by atoms with Crippen LogP contribution >= 0.6 is 0 Å². The van der Waals surface area contributed by atoms with E-state index in [0.29, 0.717) is 26.2 Å². The summed E-state index contributed by atoms with van der Waals surface area (Å²) in [4.78, 5) is 29.0. The second-order valence-electron chi connectivity index (χ2n) is 7.55. The van der Waals surface area contributed by atoms with Gasteiger partial charge in [-0.1, -0.05) is 31.9 Å². The van der Waals surface area contributed by atoms with Gasteiger partial charge in [-0.3, -0.25) is 14.5 Å². The first-order valence-electron chi connectivity index (χ1n) is 10.2. The molecule has 154 valence electrons. The standard InChI is InChI=1S/C21H30FN3O3/c1-2-24(14-20(26)23-13-16-7-9-17(22)10-8-16)15-21(27)25-11-12-28-19-6-4-3-5-18(19)25/h7-10,18-19H,2-6,11-15H2,1H3,(H,23,26). The molecule has 2 amide bonds. The van der Waals surface area contributed by atoms with Crippen LogP contribution < -0.4 is 5.32 Å². The van der Waals surface area contributed by atoms with Crippen LogP contribution in [-0.2, 0) is 20.9 Å². The molecule has 0 spiro atoms. The van der Waals surface area contributed by atoms with E-state index in [4.69, 9.17) is 4.74 Å². The summed E-state index contributed by atoms with van der Waals surface area (Å²) in [6.45, 7) is 4.55. The molecule has 1 aromatic carbocycles. The van der Waals surface area contributed by atoms with Gasteiger partial charge in [0.15, 0.2) is 0 Å². The van der Waals surface area contributed by atoms with Crippen LogP contribution in [0.5, 0.6) is 0 Å². The van der Waals surface area contributed by atoms with Crippen LogP contribution in [-0.4, -0.2) is 66.5 Å². The number of nitrogens with one attached hydrogen (secondary N) is 1. The van der Waals surface area contributed by atoms with Gasteiger partial charge in [-0.25, -0.2) is 4.39 Å². The molecule has 1 saturated carbocycles. The van der Waals surface area contributed by atoms with Crippen molar-refractivity contribution in [1.82, 2.24) is 15.1 Å². The lowest BCUT2D eigenvalue weighted by Crippen LogP contribution is -2.57. The summed E-state index contributed by atoms with van der Waals surface area (Å²) in [7, 11) is 0. The smallest absolute Gasteiger partial charge is 0.237 e. The Morgan fingerprint density at radius 2 is 1.96 bits per heavy atom. The summed E-state index contributed by atoms with van der Waals surface area (Å²) in [6, 6.07) is 6.23. The molecule has 28 heavy (non-hydrogen) atoms. The van der Waals surface area contributed by atoms with Gasteiger partial charge in [0.2, 0.25) is 11.8 Å². The zero-order chi connectivity index (χ0) is 19.9. The van der Waals surface area contributed by atoms with Crippen LogP contribution in [0.3, 0.4) is 0 Å². The Balaban J connectivity index is 1.48. The van der Waals surface area contributed by atoms with Gasteiger partial charge in [-0.15, -0.1) is 0 Å². The molecule has 0 aromatic heterocycles. The molecule has 2 unspecified atom stereocenters. The molecular formula is C21H30FN3O3. The van der Waals surface area contributed by atoms with Crippen LogP contribution in [0.25, 0.3) is 0 Å². The minimum absolute atomic E-state index is 0.0772. The Labute approximate surface area is 166 Å². The van der Waals surface area contributed by atoms with Crippen molar-refractivity contribution in [2.24, 2.45) is 0 Å². The van der Waals surface area contributed by atoms with Crippen molar-refractivity contribution in [2.45, 2.75) is 51.3 Å². The fourth-order valence-corrected chi connectivity index (χ4v) is 4.03. The molecule has 1 aromatic rings. The van der Waals surface area contributed by atoms with Gasteiger partial charge in [-0.05, 0) is 37.1 Å². The maximum atomic E-state index is 12.9. The third kappa shape index (κ3) is 5.52. The van der Waals surface area contributed by atoms with E-state index in [1.54, 1.807) is 12.1 Å². The highest BCUT2D eigenvalue weighted by atomic mass is 19.1. The van der Waals surface area contributed by atoms with Crippen LogP contribution in [0.4, 0.5) is 4.39 Å². The van der Waals surface area contributed by atoms with Crippen molar-refractivity contribution in [1.29, 1.82) is 0 Å². The lowest BCUT2D eigenvalue weighted by molar-refractivity contribution is -0.150. The normalized spacial score (nSPS) is 22.0. The zero-order valence-corrected chi connectivity index (χ0v) is 16.5. The minimum Gasteiger partial charge on any atom is -0.374 e. The molecule has 2 fully saturated rings.